The van der Waals surface area contributed by atoms with Crippen LogP contribution in [0.25, 0.3) is 38.4 Å². The first kappa shape index (κ1) is 27.5. The molecule has 0 saturated heterocycles. The van der Waals surface area contributed by atoms with E-state index in [0.717, 1.165) is 38.2 Å². The number of benzene rings is 6. The van der Waals surface area contributed by atoms with E-state index in [1.807, 2.05) is 36.4 Å². The minimum absolute atomic E-state index is 0.631. The highest BCUT2D eigenvalue weighted by Gasteiger charge is 2.40. The molecule has 0 N–H and O–H groups in total. The Morgan fingerprint density at radius 3 is 1.43 bits per heavy atom. The van der Waals surface area contributed by atoms with Crippen molar-refractivity contribution in [3.63, 3.8) is 0 Å². The first-order valence-electron chi connectivity index (χ1n) is 14.3. The molecule has 220 valence electrons. The van der Waals surface area contributed by atoms with Gasteiger partial charge < -0.3 is 28.4 Å². The summed E-state index contributed by atoms with van der Waals surface area (Å²) < 4.78 is 36.1. The molecule has 0 aliphatic carbocycles. The van der Waals surface area contributed by atoms with E-state index in [0.29, 0.717) is 34.5 Å². The van der Waals surface area contributed by atoms with Gasteiger partial charge in [0.15, 0.2) is 17.1 Å². The molecule has 7 rings (SSSR count). The number of hydrogen-bond acceptors (Lipinski definition) is 6. The third kappa shape index (κ3) is 4.17. The lowest BCUT2D eigenvalue weighted by atomic mass is 9.82. The van der Waals surface area contributed by atoms with Crippen LogP contribution in [0.4, 0.5) is 0 Å². The molecule has 0 spiro atoms. The minimum atomic E-state index is -1.12. The van der Waals surface area contributed by atoms with Gasteiger partial charge in [-0.15, -0.1) is 0 Å². The Bertz CT molecular complexity index is 1990. The van der Waals surface area contributed by atoms with Crippen LogP contribution in [-0.2, 0) is 5.60 Å². The van der Waals surface area contributed by atoms with Gasteiger partial charge in [0.1, 0.15) is 23.0 Å². The number of rotatable bonds is 7. The van der Waals surface area contributed by atoms with E-state index in [1.165, 1.54) is 10.8 Å². The molecular formula is C38H32O6. The van der Waals surface area contributed by atoms with E-state index in [9.17, 15) is 0 Å². The molecule has 0 amide bonds. The Kier molecular flexibility index (Phi) is 6.70. The molecule has 6 nitrogen and oxygen atoms in total. The van der Waals surface area contributed by atoms with Crippen LogP contribution in [0.2, 0.25) is 0 Å². The van der Waals surface area contributed by atoms with Crippen LogP contribution in [0, 0.1) is 0 Å². The van der Waals surface area contributed by atoms with Crippen LogP contribution in [0.3, 0.4) is 0 Å². The quantitative estimate of drug-likeness (QED) is 0.175. The Morgan fingerprint density at radius 2 is 0.955 bits per heavy atom. The predicted molar refractivity (Wildman–Crippen MR) is 175 cm³/mol. The summed E-state index contributed by atoms with van der Waals surface area (Å²) in [4.78, 5) is 0. The van der Waals surface area contributed by atoms with Crippen molar-refractivity contribution in [1.29, 1.82) is 0 Å². The van der Waals surface area contributed by atoms with Crippen molar-refractivity contribution in [1.82, 2.24) is 0 Å². The summed E-state index contributed by atoms with van der Waals surface area (Å²) in [5, 5.41) is 6.88. The maximum Gasteiger partial charge on any atom is 0.178 e. The van der Waals surface area contributed by atoms with Gasteiger partial charge in [0.2, 0.25) is 0 Å². The van der Waals surface area contributed by atoms with Gasteiger partial charge in [-0.25, -0.2) is 0 Å². The summed E-state index contributed by atoms with van der Waals surface area (Å²) in [5.41, 5.74) is 1.43. The molecule has 44 heavy (non-hydrogen) atoms. The second kappa shape index (κ2) is 10.7. The normalized spacial score (nSPS) is 13.4. The molecule has 0 aromatic heterocycles. The van der Waals surface area contributed by atoms with E-state index in [4.69, 9.17) is 28.4 Å². The molecule has 0 fully saturated rings. The van der Waals surface area contributed by atoms with Crippen LogP contribution < -0.4 is 28.4 Å². The Labute approximate surface area is 255 Å². The van der Waals surface area contributed by atoms with Crippen molar-refractivity contribution in [3.8, 4) is 34.5 Å². The smallest absolute Gasteiger partial charge is 0.178 e. The maximum atomic E-state index is 7.25. The summed E-state index contributed by atoms with van der Waals surface area (Å²) in [5.74, 6) is 3.81. The average Bonchev–Trinajstić information content (AvgIpc) is 3.10. The number of methoxy groups -OCH3 is 5. The molecule has 6 aromatic rings. The Hall–Kier alpha value is -5.36. The average molecular weight is 585 g/mol. The van der Waals surface area contributed by atoms with Gasteiger partial charge in [-0.1, -0.05) is 48.5 Å². The largest absolute Gasteiger partial charge is 0.497 e. The second-order valence-corrected chi connectivity index (χ2v) is 10.7. The van der Waals surface area contributed by atoms with Gasteiger partial charge in [-0.3, -0.25) is 0 Å². The zero-order valence-corrected chi connectivity index (χ0v) is 25.3. The van der Waals surface area contributed by atoms with E-state index < -0.39 is 5.60 Å². The third-order valence-corrected chi connectivity index (χ3v) is 8.51. The Balaban J connectivity index is 1.59. The lowest BCUT2D eigenvalue weighted by Crippen LogP contribution is -2.34. The minimum Gasteiger partial charge on any atom is -0.497 e. The standard InChI is InChI=1S/C38H32O6/c1-39-25-16-23(17-26(20-25)40-2)38(24-18-27(41-3)21-28(19-24)42-4)15-14-33-36-32-13-9-8-11-30(32)29-10-6-7-12-31(29)34(36)22-35(43-5)37(33)44-38/h6-22H,1-5H3. The van der Waals surface area contributed by atoms with Crippen LogP contribution >= 0.6 is 0 Å². The fraction of sp³-hybridized carbons (Fsp3) is 0.158. The van der Waals surface area contributed by atoms with Crippen LogP contribution in [0.5, 0.6) is 34.5 Å². The van der Waals surface area contributed by atoms with E-state index in [-0.39, 0.29) is 0 Å². The first-order chi connectivity index (χ1) is 21.5. The topological polar surface area (TPSA) is 55.4 Å². The molecule has 1 aliphatic rings. The molecule has 1 heterocycles. The van der Waals surface area contributed by atoms with Gasteiger partial charge in [-0.2, -0.15) is 0 Å². The molecule has 0 bridgehead atoms. The third-order valence-electron chi connectivity index (χ3n) is 8.51. The molecule has 0 atom stereocenters. The van der Waals surface area contributed by atoms with Crippen LogP contribution in [-0.4, -0.2) is 35.5 Å². The molecule has 0 saturated carbocycles. The van der Waals surface area contributed by atoms with Gasteiger partial charge in [0.05, 0.1) is 35.5 Å². The van der Waals surface area contributed by atoms with Gasteiger partial charge in [0.25, 0.3) is 0 Å². The summed E-state index contributed by atoms with van der Waals surface area (Å²) in [7, 11) is 8.22. The van der Waals surface area contributed by atoms with Crippen molar-refractivity contribution in [2.45, 2.75) is 5.60 Å². The fourth-order valence-corrected chi connectivity index (χ4v) is 6.38. The zero-order chi connectivity index (χ0) is 30.4. The summed E-state index contributed by atoms with van der Waals surface area (Å²) in [6, 6.07) is 30.6. The summed E-state index contributed by atoms with van der Waals surface area (Å²) >= 11 is 0. The molecule has 6 aromatic carbocycles. The fourth-order valence-electron chi connectivity index (χ4n) is 6.38. The van der Waals surface area contributed by atoms with Gasteiger partial charge >= 0.3 is 0 Å². The van der Waals surface area contributed by atoms with Gasteiger partial charge in [0, 0.05) is 34.2 Å². The van der Waals surface area contributed by atoms with Crippen molar-refractivity contribution in [3.05, 3.63) is 114 Å². The summed E-state index contributed by atoms with van der Waals surface area (Å²) in [6.45, 7) is 0. The van der Waals surface area contributed by atoms with Crippen LogP contribution in [0.1, 0.15) is 16.7 Å². The molecule has 1 aliphatic heterocycles. The van der Waals surface area contributed by atoms with Crippen molar-refractivity contribution < 1.29 is 28.4 Å². The van der Waals surface area contributed by atoms with E-state index in [1.54, 1.807) is 35.5 Å². The summed E-state index contributed by atoms with van der Waals surface area (Å²) in [6.07, 6.45) is 4.23. The molecular weight excluding hydrogens is 552 g/mol. The van der Waals surface area contributed by atoms with Crippen LogP contribution in [0.15, 0.2) is 97.1 Å². The SMILES string of the molecule is COc1cc(OC)cc(C2(c3cc(OC)cc(OC)c3)C=Cc3c(c(OC)cc4c5ccccc5c5ccccc5c34)O2)c1. The number of ether oxygens (including phenoxy) is 6. The van der Waals surface area contributed by atoms with Crippen molar-refractivity contribution in [2.24, 2.45) is 0 Å². The molecule has 0 radical (unpaired) electrons. The van der Waals surface area contributed by atoms with Gasteiger partial charge in [-0.05, 0) is 69.4 Å². The highest BCUT2D eigenvalue weighted by molar-refractivity contribution is 6.27. The zero-order valence-electron chi connectivity index (χ0n) is 25.3. The highest BCUT2D eigenvalue weighted by atomic mass is 16.5. The monoisotopic (exact) mass is 584 g/mol. The predicted octanol–water partition coefficient (Wildman–Crippen LogP) is 8.54. The Morgan fingerprint density at radius 1 is 0.500 bits per heavy atom. The van der Waals surface area contributed by atoms with Crippen molar-refractivity contribution >= 4 is 38.4 Å². The van der Waals surface area contributed by atoms with Crippen molar-refractivity contribution in [2.75, 3.05) is 35.5 Å². The highest BCUT2D eigenvalue weighted by Crippen LogP contribution is 2.52. The number of fused-ring (bicyclic) bond motifs is 8. The lowest BCUT2D eigenvalue weighted by Gasteiger charge is -2.37. The second-order valence-electron chi connectivity index (χ2n) is 10.7. The first-order valence-corrected chi connectivity index (χ1v) is 14.3. The maximum absolute atomic E-state index is 7.25. The van der Waals surface area contributed by atoms with E-state index >= 15 is 0 Å². The van der Waals surface area contributed by atoms with E-state index in [2.05, 4.69) is 66.7 Å². The number of hydrogen-bond donors (Lipinski definition) is 0. The molecule has 6 heteroatoms. The molecule has 0 unspecified atom stereocenters. The lowest BCUT2D eigenvalue weighted by molar-refractivity contribution is 0.153.